The number of carbonyl (C=O) groups is 1. The van der Waals surface area contributed by atoms with E-state index in [1.54, 1.807) is 0 Å². The van der Waals surface area contributed by atoms with E-state index in [4.69, 9.17) is 0 Å². The summed E-state index contributed by atoms with van der Waals surface area (Å²) >= 11 is 0. The maximum absolute atomic E-state index is 11.8. The monoisotopic (exact) mass is 267 g/mol. The lowest BCUT2D eigenvalue weighted by Crippen LogP contribution is -2.48. The molecule has 0 aliphatic heterocycles. The zero-order valence-electron chi connectivity index (χ0n) is 12.4. The van der Waals surface area contributed by atoms with Gasteiger partial charge in [0.15, 0.2) is 0 Å². The number of nitrogens with zero attached hydrogens (tertiary/aromatic N) is 1. The quantitative estimate of drug-likeness (QED) is 0.826. The number of aliphatic carboxylic acids is 1. The second-order valence-electron chi connectivity index (χ2n) is 6.50. The predicted octanol–water partition coefficient (Wildman–Crippen LogP) is 3.68. The van der Waals surface area contributed by atoms with E-state index in [0.717, 1.165) is 38.8 Å². The Morgan fingerprint density at radius 2 is 1.68 bits per heavy atom. The van der Waals surface area contributed by atoms with Crippen LogP contribution in [0, 0.1) is 5.41 Å². The first-order chi connectivity index (χ1) is 9.18. The standard InChI is InChI=1S/C16H29NO2/c1-2-17(14-9-5-3-6-10-14)13-16(15(18)19)11-7-4-8-12-16/h14H,2-13H2,1H3,(H,18,19). The van der Waals surface area contributed by atoms with Gasteiger partial charge in [0.05, 0.1) is 5.41 Å². The smallest absolute Gasteiger partial charge is 0.310 e. The van der Waals surface area contributed by atoms with Crippen molar-refractivity contribution < 1.29 is 9.90 Å². The minimum atomic E-state index is -0.554. The molecule has 2 aliphatic rings. The molecule has 0 bridgehead atoms. The van der Waals surface area contributed by atoms with Gasteiger partial charge in [0, 0.05) is 12.6 Å². The highest BCUT2D eigenvalue weighted by atomic mass is 16.4. The molecule has 2 aliphatic carbocycles. The Morgan fingerprint density at radius 3 is 2.21 bits per heavy atom. The van der Waals surface area contributed by atoms with Crippen LogP contribution >= 0.6 is 0 Å². The van der Waals surface area contributed by atoms with Gasteiger partial charge in [0.1, 0.15) is 0 Å². The van der Waals surface area contributed by atoms with Crippen molar-refractivity contribution in [1.29, 1.82) is 0 Å². The van der Waals surface area contributed by atoms with E-state index >= 15 is 0 Å². The van der Waals surface area contributed by atoms with Gasteiger partial charge >= 0.3 is 5.97 Å². The topological polar surface area (TPSA) is 40.5 Å². The number of hydrogen-bond donors (Lipinski definition) is 1. The van der Waals surface area contributed by atoms with Gasteiger partial charge in [-0.25, -0.2) is 0 Å². The van der Waals surface area contributed by atoms with Crippen molar-refractivity contribution >= 4 is 5.97 Å². The molecule has 0 spiro atoms. The minimum absolute atomic E-state index is 0.453. The summed E-state index contributed by atoms with van der Waals surface area (Å²) in [6.07, 6.45) is 11.7. The maximum Gasteiger partial charge on any atom is 0.310 e. The summed E-state index contributed by atoms with van der Waals surface area (Å²) in [7, 11) is 0. The summed E-state index contributed by atoms with van der Waals surface area (Å²) in [5.74, 6) is -0.554. The fourth-order valence-electron chi connectivity index (χ4n) is 4.00. The van der Waals surface area contributed by atoms with Crippen LogP contribution in [0.15, 0.2) is 0 Å². The SMILES string of the molecule is CCN(CC1(C(=O)O)CCCCC1)C1CCCCC1. The molecule has 0 aromatic heterocycles. The summed E-state index contributed by atoms with van der Waals surface area (Å²) in [6.45, 7) is 3.97. The molecule has 0 radical (unpaired) electrons. The summed E-state index contributed by atoms with van der Waals surface area (Å²) in [6, 6.07) is 0.636. The number of hydrogen-bond acceptors (Lipinski definition) is 2. The largest absolute Gasteiger partial charge is 0.481 e. The molecule has 2 fully saturated rings. The van der Waals surface area contributed by atoms with Crippen LogP contribution in [0.25, 0.3) is 0 Å². The van der Waals surface area contributed by atoms with Gasteiger partial charge in [-0.3, -0.25) is 9.69 Å². The van der Waals surface area contributed by atoms with Crippen molar-refractivity contribution in [2.75, 3.05) is 13.1 Å². The zero-order valence-corrected chi connectivity index (χ0v) is 12.4. The van der Waals surface area contributed by atoms with Crippen molar-refractivity contribution in [2.24, 2.45) is 5.41 Å². The van der Waals surface area contributed by atoms with E-state index in [9.17, 15) is 9.90 Å². The lowest BCUT2D eigenvalue weighted by molar-refractivity contribution is -0.153. The first kappa shape index (κ1) is 14.8. The van der Waals surface area contributed by atoms with E-state index in [-0.39, 0.29) is 0 Å². The molecular formula is C16H29NO2. The molecule has 19 heavy (non-hydrogen) atoms. The molecule has 2 saturated carbocycles. The fraction of sp³-hybridized carbons (Fsp3) is 0.938. The average molecular weight is 267 g/mol. The van der Waals surface area contributed by atoms with Crippen LogP contribution in [-0.2, 0) is 4.79 Å². The molecule has 2 rings (SSSR count). The molecule has 110 valence electrons. The van der Waals surface area contributed by atoms with Crippen molar-refractivity contribution in [2.45, 2.75) is 77.2 Å². The van der Waals surface area contributed by atoms with E-state index in [1.807, 2.05) is 0 Å². The lowest BCUT2D eigenvalue weighted by atomic mass is 9.73. The van der Waals surface area contributed by atoms with Gasteiger partial charge in [-0.2, -0.15) is 0 Å². The third-order valence-electron chi connectivity index (χ3n) is 5.27. The minimum Gasteiger partial charge on any atom is -0.481 e. The third kappa shape index (κ3) is 3.50. The van der Waals surface area contributed by atoms with Gasteiger partial charge < -0.3 is 5.11 Å². The molecule has 0 amide bonds. The molecule has 3 heteroatoms. The van der Waals surface area contributed by atoms with Crippen molar-refractivity contribution in [3.05, 3.63) is 0 Å². The molecule has 0 aromatic carbocycles. The van der Waals surface area contributed by atoms with Crippen LogP contribution in [0.2, 0.25) is 0 Å². The highest BCUT2D eigenvalue weighted by Crippen LogP contribution is 2.38. The van der Waals surface area contributed by atoms with Crippen LogP contribution in [0.5, 0.6) is 0 Å². The molecule has 0 heterocycles. The Labute approximate surface area is 117 Å². The summed E-state index contributed by atoms with van der Waals surface area (Å²) in [4.78, 5) is 14.3. The third-order valence-corrected chi connectivity index (χ3v) is 5.27. The van der Waals surface area contributed by atoms with Gasteiger partial charge in [-0.1, -0.05) is 45.4 Å². The summed E-state index contributed by atoms with van der Waals surface area (Å²) in [5.41, 5.74) is -0.453. The highest BCUT2D eigenvalue weighted by Gasteiger charge is 2.41. The van der Waals surface area contributed by atoms with E-state index in [2.05, 4.69) is 11.8 Å². The first-order valence-electron chi connectivity index (χ1n) is 8.15. The predicted molar refractivity (Wildman–Crippen MR) is 77.3 cm³/mol. The number of carboxylic acid groups (broad SMARTS) is 1. The maximum atomic E-state index is 11.8. The zero-order chi connectivity index (χ0) is 13.7. The number of carboxylic acids is 1. The van der Waals surface area contributed by atoms with Gasteiger partial charge in [-0.15, -0.1) is 0 Å². The van der Waals surface area contributed by atoms with Crippen LogP contribution in [0.3, 0.4) is 0 Å². The second kappa shape index (κ2) is 6.74. The Bertz CT molecular complexity index is 291. The summed E-state index contributed by atoms with van der Waals surface area (Å²) < 4.78 is 0. The van der Waals surface area contributed by atoms with Crippen LogP contribution in [-0.4, -0.2) is 35.1 Å². The van der Waals surface area contributed by atoms with Crippen molar-refractivity contribution in [3.63, 3.8) is 0 Å². The normalized spacial score (nSPS) is 24.5. The lowest BCUT2D eigenvalue weighted by Gasteiger charge is -2.41. The second-order valence-corrected chi connectivity index (χ2v) is 6.50. The Kier molecular flexibility index (Phi) is 5.26. The highest BCUT2D eigenvalue weighted by molar-refractivity contribution is 5.75. The number of rotatable bonds is 5. The Morgan fingerprint density at radius 1 is 1.11 bits per heavy atom. The molecule has 0 unspecified atom stereocenters. The van der Waals surface area contributed by atoms with Gasteiger partial charge in [0.2, 0.25) is 0 Å². The Balaban J connectivity index is 2.03. The average Bonchev–Trinajstić information content (AvgIpc) is 2.46. The van der Waals surface area contributed by atoms with Gasteiger partial charge in [-0.05, 0) is 32.2 Å². The van der Waals surface area contributed by atoms with Crippen LogP contribution < -0.4 is 0 Å². The summed E-state index contributed by atoms with van der Waals surface area (Å²) in [5, 5.41) is 9.70. The van der Waals surface area contributed by atoms with Crippen LogP contribution in [0.1, 0.15) is 71.1 Å². The van der Waals surface area contributed by atoms with Crippen molar-refractivity contribution in [1.82, 2.24) is 4.90 Å². The van der Waals surface area contributed by atoms with E-state index < -0.39 is 11.4 Å². The molecule has 3 nitrogen and oxygen atoms in total. The fourth-order valence-corrected chi connectivity index (χ4v) is 4.00. The Hall–Kier alpha value is -0.570. The molecular weight excluding hydrogens is 238 g/mol. The van der Waals surface area contributed by atoms with Crippen LogP contribution in [0.4, 0.5) is 0 Å². The molecule has 0 atom stereocenters. The van der Waals surface area contributed by atoms with E-state index in [1.165, 1.54) is 38.5 Å². The van der Waals surface area contributed by atoms with Crippen molar-refractivity contribution in [3.8, 4) is 0 Å². The molecule has 0 aromatic rings. The first-order valence-corrected chi connectivity index (χ1v) is 8.15. The molecule has 1 N–H and O–H groups in total. The van der Waals surface area contributed by atoms with Gasteiger partial charge in [0.25, 0.3) is 0 Å². The van der Waals surface area contributed by atoms with E-state index in [0.29, 0.717) is 6.04 Å². The molecule has 0 saturated heterocycles.